The third-order valence-electron chi connectivity index (χ3n) is 3.23. The van der Waals surface area contributed by atoms with E-state index in [-0.39, 0.29) is 0 Å². The molecule has 0 fully saturated rings. The van der Waals surface area contributed by atoms with Crippen LogP contribution in [0.1, 0.15) is 11.3 Å². The molecule has 0 bridgehead atoms. The van der Waals surface area contributed by atoms with E-state index in [9.17, 15) is 0 Å². The van der Waals surface area contributed by atoms with Crippen LogP contribution in [0.25, 0.3) is 16.9 Å². The van der Waals surface area contributed by atoms with Gasteiger partial charge in [-0.05, 0) is 37.6 Å². The van der Waals surface area contributed by atoms with Crippen molar-refractivity contribution >= 4 is 33.0 Å². The van der Waals surface area contributed by atoms with E-state index in [0.29, 0.717) is 5.95 Å². The number of anilines is 1. The number of imidazole rings is 1. The van der Waals surface area contributed by atoms with Crippen molar-refractivity contribution < 1.29 is 0 Å². The van der Waals surface area contributed by atoms with Crippen molar-refractivity contribution in [2.24, 2.45) is 7.05 Å². The molecule has 0 aliphatic heterocycles. The normalized spacial score (nSPS) is 11.4. The Morgan fingerprint density at radius 1 is 1.26 bits per heavy atom. The topological polar surface area (TPSA) is 61.7 Å². The summed E-state index contributed by atoms with van der Waals surface area (Å²) in [6.07, 6.45) is 0. The Balaban J connectivity index is 2.35. The molecule has 98 valence electrons. The Morgan fingerprint density at radius 2 is 2.00 bits per heavy atom. The maximum atomic E-state index is 6.05. The highest BCUT2D eigenvalue weighted by Crippen LogP contribution is 2.27. The van der Waals surface area contributed by atoms with Gasteiger partial charge in [0.2, 0.25) is 5.95 Å². The van der Waals surface area contributed by atoms with Gasteiger partial charge in [0.15, 0.2) is 5.65 Å². The van der Waals surface area contributed by atoms with Gasteiger partial charge in [-0.15, -0.1) is 0 Å². The summed E-state index contributed by atoms with van der Waals surface area (Å²) in [5.74, 6) is 0.479. The zero-order chi connectivity index (χ0) is 13.7. The number of fused-ring (bicyclic) bond motifs is 1. The molecule has 2 aromatic heterocycles. The summed E-state index contributed by atoms with van der Waals surface area (Å²) in [6.45, 7) is 3.98. The third kappa shape index (κ3) is 1.74. The monoisotopic (exact) mass is 319 g/mol. The van der Waals surface area contributed by atoms with Gasteiger partial charge in [-0.3, -0.25) is 4.57 Å². The predicted octanol–water partition coefficient (Wildman–Crippen LogP) is 2.72. The first-order chi connectivity index (χ1) is 8.99. The van der Waals surface area contributed by atoms with Gasteiger partial charge in [0.05, 0.1) is 11.4 Å². The molecule has 5 nitrogen and oxygen atoms in total. The van der Waals surface area contributed by atoms with E-state index in [1.807, 2.05) is 42.3 Å². The van der Waals surface area contributed by atoms with Crippen LogP contribution in [-0.2, 0) is 7.05 Å². The fraction of sp³-hybridized carbons (Fsp3) is 0.231. The van der Waals surface area contributed by atoms with E-state index in [0.717, 1.165) is 32.6 Å². The second-order valence-electron chi connectivity index (χ2n) is 4.62. The van der Waals surface area contributed by atoms with Gasteiger partial charge in [-0.25, -0.2) is 9.67 Å². The number of aryl methyl sites for hydroxylation is 3. The van der Waals surface area contributed by atoms with Gasteiger partial charge in [0.1, 0.15) is 5.52 Å². The molecule has 3 aromatic rings. The second-order valence-corrected chi connectivity index (χ2v) is 5.47. The Kier molecular flexibility index (Phi) is 2.63. The lowest BCUT2D eigenvalue weighted by molar-refractivity contribution is 0.762. The number of nitrogens with two attached hydrogens (primary N) is 1. The quantitative estimate of drug-likeness (QED) is 0.750. The molecule has 0 saturated heterocycles. The van der Waals surface area contributed by atoms with Crippen LogP contribution < -0.4 is 5.73 Å². The van der Waals surface area contributed by atoms with E-state index in [4.69, 9.17) is 5.73 Å². The summed E-state index contributed by atoms with van der Waals surface area (Å²) in [5, 5.41) is 4.39. The SMILES string of the molecule is Cc1cc(-n2c(N)nc3c(C)nn(C)c32)ccc1Br. The van der Waals surface area contributed by atoms with Crippen LogP contribution >= 0.6 is 15.9 Å². The molecule has 0 aliphatic carbocycles. The Bertz CT molecular complexity index is 784. The zero-order valence-electron chi connectivity index (χ0n) is 11.0. The van der Waals surface area contributed by atoms with Gasteiger partial charge in [-0.2, -0.15) is 5.10 Å². The molecular weight excluding hydrogens is 306 g/mol. The van der Waals surface area contributed by atoms with Crippen molar-refractivity contribution in [2.75, 3.05) is 5.73 Å². The Hall–Kier alpha value is -1.82. The van der Waals surface area contributed by atoms with Gasteiger partial charge < -0.3 is 5.73 Å². The van der Waals surface area contributed by atoms with Gasteiger partial charge >= 0.3 is 0 Å². The van der Waals surface area contributed by atoms with E-state index < -0.39 is 0 Å². The smallest absolute Gasteiger partial charge is 0.207 e. The van der Waals surface area contributed by atoms with E-state index >= 15 is 0 Å². The van der Waals surface area contributed by atoms with Crippen molar-refractivity contribution in [3.63, 3.8) is 0 Å². The minimum absolute atomic E-state index is 0.479. The van der Waals surface area contributed by atoms with Crippen molar-refractivity contribution in [2.45, 2.75) is 13.8 Å². The predicted molar refractivity (Wildman–Crippen MR) is 79.4 cm³/mol. The first kappa shape index (κ1) is 12.2. The number of hydrogen-bond donors (Lipinski definition) is 1. The standard InChI is InChI=1S/C13H14BrN5/c1-7-6-9(4-5-10(7)14)19-12-11(16-13(19)15)8(2)17-18(12)3/h4-6H,1-3H3,(H2,15,16). The molecule has 0 spiro atoms. The van der Waals surface area contributed by atoms with E-state index in [1.54, 1.807) is 0 Å². The number of aromatic nitrogens is 4. The van der Waals surface area contributed by atoms with Crippen LogP contribution in [0.15, 0.2) is 22.7 Å². The molecular formula is C13H14BrN5. The van der Waals surface area contributed by atoms with Gasteiger partial charge in [0.25, 0.3) is 0 Å². The van der Waals surface area contributed by atoms with Crippen LogP contribution in [0.5, 0.6) is 0 Å². The summed E-state index contributed by atoms with van der Waals surface area (Å²) >= 11 is 3.51. The van der Waals surface area contributed by atoms with Crippen LogP contribution in [0, 0.1) is 13.8 Å². The molecule has 0 unspecified atom stereocenters. The fourth-order valence-electron chi connectivity index (χ4n) is 2.31. The highest BCUT2D eigenvalue weighted by molar-refractivity contribution is 9.10. The molecule has 0 saturated carbocycles. The van der Waals surface area contributed by atoms with Crippen LogP contribution in [0.4, 0.5) is 5.95 Å². The fourth-order valence-corrected chi connectivity index (χ4v) is 2.56. The summed E-state index contributed by atoms with van der Waals surface area (Å²) in [7, 11) is 1.90. The lowest BCUT2D eigenvalue weighted by Crippen LogP contribution is -2.05. The Labute approximate surface area is 119 Å². The lowest BCUT2D eigenvalue weighted by Gasteiger charge is -2.08. The average molecular weight is 320 g/mol. The molecule has 19 heavy (non-hydrogen) atoms. The highest BCUT2D eigenvalue weighted by Gasteiger charge is 2.17. The number of benzene rings is 1. The summed E-state index contributed by atoms with van der Waals surface area (Å²) < 4.78 is 4.81. The highest BCUT2D eigenvalue weighted by atomic mass is 79.9. The van der Waals surface area contributed by atoms with Crippen LogP contribution in [-0.4, -0.2) is 19.3 Å². The molecule has 0 radical (unpaired) electrons. The van der Waals surface area contributed by atoms with Crippen molar-refractivity contribution in [3.05, 3.63) is 33.9 Å². The molecule has 6 heteroatoms. The van der Waals surface area contributed by atoms with Crippen molar-refractivity contribution in [1.29, 1.82) is 0 Å². The maximum absolute atomic E-state index is 6.05. The molecule has 2 N–H and O–H groups in total. The maximum Gasteiger partial charge on any atom is 0.207 e. The minimum Gasteiger partial charge on any atom is -0.369 e. The summed E-state index contributed by atoms with van der Waals surface area (Å²) in [6, 6.07) is 6.10. The second kappa shape index (κ2) is 4.09. The average Bonchev–Trinajstić information content (AvgIpc) is 2.82. The van der Waals surface area contributed by atoms with Crippen LogP contribution in [0.3, 0.4) is 0 Å². The minimum atomic E-state index is 0.479. The number of nitrogens with zero attached hydrogens (tertiary/aromatic N) is 4. The molecule has 0 amide bonds. The molecule has 1 aromatic carbocycles. The molecule has 0 atom stereocenters. The largest absolute Gasteiger partial charge is 0.369 e. The lowest BCUT2D eigenvalue weighted by atomic mass is 10.2. The third-order valence-corrected chi connectivity index (χ3v) is 4.12. The van der Waals surface area contributed by atoms with Crippen molar-refractivity contribution in [1.82, 2.24) is 19.3 Å². The molecule has 2 heterocycles. The number of hydrogen-bond acceptors (Lipinski definition) is 3. The molecule has 3 rings (SSSR count). The van der Waals surface area contributed by atoms with Gasteiger partial charge in [-0.1, -0.05) is 15.9 Å². The van der Waals surface area contributed by atoms with E-state index in [1.165, 1.54) is 0 Å². The Morgan fingerprint density at radius 3 is 2.68 bits per heavy atom. The first-order valence-corrected chi connectivity index (χ1v) is 6.72. The number of rotatable bonds is 1. The van der Waals surface area contributed by atoms with Gasteiger partial charge in [0, 0.05) is 11.5 Å². The zero-order valence-corrected chi connectivity index (χ0v) is 12.6. The summed E-state index contributed by atoms with van der Waals surface area (Å²) in [5.41, 5.74) is 10.8. The van der Waals surface area contributed by atoms with Crippen LogP contribution in [0.2, 0.25) is 0 Å². The number of nitrogen functional groups attached to an aromatic ring is 1. The van der Waals surface area contributed by atoms with E-state index in [2.05, 4.69) is 32.1 Å². The first-order valence-electron chi connectivity index (χ1n) is 5.93. The van der Waals surface area contributed by atoms with Crippen molar-refractivity contribution in [3.8, 4) is 5.69 Å². The molecule has 0 aliphatic rings. The summed E-state index contributed by atoms with van der Waals surface area (Å²) in [4.78, 5) is 4.41. The number of halogens is 1.